The normalized spacial score (nSPS) is 30.4. The minimum Gasteiger partial charge on any atom is -0.380 e. The van der Waals surface area contributed by atoms with Crippen LogP contribution in [0.3, 0.4) is 0 Å². The van der Waals surface area contributed by atoms with Gasteiger partial charge in [-0.05, 0) is 55.7 Å². The van der Waals surface area contributed by atoms with Crippen molar-refractivity contribution in [2.45, 2.75) is 57.6 Å². The van der Waals surface area contributed by atoms with Gasteiger partial charge in [0.15, 0.2) is 0 Å². The maximum absolute atomic E-state index is 13.2. The first-order chi connectivity index (χ1) is 12.7. The van der Waals surface area contributed by atoms with Crippen LogP contribution in [-0.4, -0.2) is 43.9 Å². The van der Waals surface area contributed by atoms with E-state index in [9.17, 15) is 4.39 Å². The molecule has 3 nitrogen and oxygen atoms in total. The van der Waals surface area contributed by atoms with Gasteiger partial charge in [0.2, 0.25) is 0 Å². The zero-order chi connectivity index (χ0) is 17.8. The molecule has 2 saturated heterocycles. The highest BCUT2D eigenvalue weighted by molar-refractivity contribution is 5.16. The molecule has 1 saturated carbocycles. The van der Waals surface area contributed by atoms with Gasteiger partial charge in [-0.1, -0.05) is 25.0 Å². The highest BCUT2D eigenvalue weighted by atomic mass is 19.1. The summed E-state index contributed by atoms with van der Waals surface area (Å²) < 4.78 is 25.6. The highest BCUT2D eigenvalue weighted by Gasteiger charge is 2.46. The molecule has 2 atom stereocenters. The molecule has 4 rings (SSSR count). The van der Waals surface area contributed by atoms with Crippen LogP contribution in [0.4, 0.5) is 4.39 Å². The SMILES string of the molecule is Fc1ccc(CN2CC[C@@H]3OCCC[C@@]3(COCC3CCCC3)C2)cc1. The van der Waals surface area contributed by atoms with Gasteiger partial charge in [-0.3, -0.25) is 4.90 Å². The second kappa shape index (κ2) is 8.37. The molecule has 0 spiro atoms. The Bertz CT molecular complexity index is 572. The van der Waals surface area contributed by atoms with E-state index in [0.717, 1.165) is 58.2 Å². The molecule has 144 valence electrons. The Kier molecular flexibility index (Phi) is 5.92. The average Bonchev–Trinajstić information content (AvgIpc) is 3.17. The number of hydrogen-bond donors (Lipinski definition) is 0. The van der Waals surface area contributed by atoms with Gasteiger partial charge in [0.1, 0.15) is 5.82 Å². The molecule has 0 aromatic heterocycles. The summed E-state index contributed by atoms with van der Waals surface area (Å²) in [5.41, 5.74) is 1.32. The minimum atomic E-state index is -0.162. The molecular formula is C22H32FNO2. The van der Waals surface area contributed by atoms with E-state index in [1.165, 1.54) is 37.7 Å². The van der Waals surface area contributed by atoms with E-state index >= 15 is 0 Å². The Labute approximate surface area is 156 Å². The van der Waals surface area contributed by atoms with Crippen LogP contribution >= 0.6 is 0 Å². The lowest BCUT2D eigenvalue weighted by Crippen LogP contribution is -2.56. The van der Waals surface area contributed by atoms with E-state index in [1.54, 1.807) is 12.1 Å². The van der Waals surface area contributed by atoms with Crippen molar-refractivity contribution in [3.8, 4) is 0 Å². The van der Waals surface area contributed by atoms with Gasteiger partial charge in [-0.25, -0.2) is 4.39 Å². The number of hydrogen-bond acceptors (Lipinski definition) is 3. The van der Waals surface area contributed by atoms with E-state index < -0.39 is 0 Å². The molecule has 0 amide bonds. The van der Waals surface area contributed by atoms with Gasteiger partial charge in [-0.15, -0.1) is 0 Å². The molecule has 1 aromatic carbocycles. The first-order valence-electron chi connectivity index (χ1n) is 10.4. The smallest absolute Gasteiger partial charge is 0.123 e. The second-order valence-electron chi connectivity index (χ2n) is 8.62. The number of benzene rings is 1. The van der Waals surface area contributed by atoms with Crippen molar-refractivity contribution in [2.24, 2.45) is 11.3 Å². The fourth-order valence-corrected chi connectivity index (χ4v) is 5.18. The Morgan fingerprint density at radius 1 is 1.12 bits per heavy atom. The second-order valence-corrected chi connectivity index (χ2v) is 8.62. The quantitative estimate of drug-likeness (QED) is 0.749. The predicted octanol–water partition coefficient (Wildman–Crippen LogP) is 4.40. The summed E-state index contributed by atoms with van der Waals surface area (Å²) in [6.45, 7) is 5.61. The molecule has 26 heavy (non-hydrogen) atoms. The zero-order valence-electron chi connectivity index (χ0n) is 15.8. The fourth-order valence-electron chi connectivity index (χ4n) is 5.18. The van der Waals surface area contributed by atoms with Gasteiger partial charge in [0.05, 0.1) is 12.7 Å². The molecule has 2 aliphatic heterocycles. The van der Waals surface area contributed by atoms with Crippen molar-refractivity contribution < 1.29 is 13.9 Å². The van der Waals surface area contributed by atoms with E-state index in [1.807, 2.05) is 12.1 Å². The van der Waals surface area contributed by atoms with Gasteiger partial charge in [0.25, 0.3) is 0 Å². The first kappa shape index (κ1) is 18.4. The summed E-state index contributed by atoms with van der Waals surface area (Å²) >= 11 is 0. The third-order valence-corrected chi connectivity index (χ3v) is 6.60. The Morgan fingerprint density at radius 2 is 1.92 bits per heavy atom. The molecule has 2 heterocycles. The number of ether oxygens (including phenoxy) is 2. The van der Waals surface area contributed by atoms with Crippen molar-refractivity contribution >= 4 is 0 Å². The highest BCUT2D eigenvalue weighted by Crippen LogP contribution is 2.41. The Morgan fingerprint density at radius 3 is 2.73 bits per heavy atom. The summed E-state index contributed by atoms with van der Waals surface area (Å²) in [6.07, 6.45) is 9.16. The molecule has 0 radical (unpaired) electrons. The standard InChI is InChI=1S/C22H32FNO2/c23-20-8-6-18(7-9-20)14-24-12-10-21-22(16-24,11-3-13-26-21)17-25-15-19-4-1-2-5-19/h6-9,19,21H,1-5,10-17H2/t21-,22-/m0/s1. The summed E-state index contributed by atoms with van der Waals surface area (Å²) in [7, 11) is 0. The van der Waals surface area contributed by atoms with Crippen LogP contribution < -0.4 is 0 Å². The monoisotopic (exact) mass is 361 g/mol. The third-order valence-electron chi connectivity index (χ3n) is 6.60. The van der Waals surface area contributed by atoms with E-state index in [-0.39, 0.29) is 11.2 Å². The molecule has 0 unspecified atom stereocenters. The number of fused-ring (bicyclic) bond motifs is 1. The lowest BCUT2D eigenvalue weighted by Gasteiger charge is -2.50. The van der Waals surface area contributed by atoms with Crippen LogP contribution in [0.25, 0.3) is 0 Å². The van der Waals surface area contributed by atoms with Crippen molar-refractivity contribution in [3.05, 3.63) is 35.6 Å². The number of halogens is 1. The van der Waals surface area contributed by atoms with Gasteiger partial charge in [-0.2, -0.15) is 0 Å². The van der Waals surface area contributed by atoms with Crippen LogP contribution in [-0.2, 0) is 16.0 Å². The van der Waals surface area contributed by atoms with Crippen molar-refractivity contribution in [2.75, 3.05) is 32.9 Å². The number of piperidine rings is 1. The third kappa shape index (κ3) is 4.29. The lowest BCUT2D eigenvalue weighted by molar-refractivity contribution is -0.155. The van der Waals surface area contributed by atoms with E-state index in [0.29, 0.717) is 6.10 Å². The summed E-state index contributed by atoms with van der Waals surface area (Å²) in [5.74, 6) is 0.609. The van der Waals surface area contributed by atoms with Gasteiger partial charge in [0, 0.05) is 38.3 Å². The van der Waals surface area contributed by atoms with Crippen molar-refractivity contribution in [1.82, 2.24) is 4.90 Å². The van der Waals surface area contributed by atoms with Crippen LogP contribution in [0.5, 0.6) is 0 Å². The molecule has 3 aliphatic rings. The van der Waals surface area contributed by atoms with Crippen molar-refractivity contribution in [3.63, 3.8) is 0 Å². The van der Waals surface area contributed by atoms with Gasteiger partial charge >= 0.3 is 0 Å². The first-order valence-corrected chi connectivity index (χ1v) is 10.4. The zero-order valence-corrected chi connectivity index (χ0v) is 15.8. The predicted molar refractivity (Wildman–Crippen MR) is 100 cm³/mol. The van der Waals surface area contributed by atoms with E-state index in [4.69, 9.17) is 9.47 Å². The van der Waals surface area contributed by atoms with E-state index in [2.05, 4.69) is 4.90 Å². The lowest BCUT2D eigenvalue weighted by atomic mass is 9.73. The molecular weight excluding hydrogens is 329 g/mol. The summed E-state index contributed by atoms with van der Waals surface area (Å²) in [5, 5.41) is 0. The maximum Gasteiger partial charge on any atom is 0.123 e. The van der Waals surface area contributed by atoms with Crippen LogP contribution in [0.15, 0.2) is 24.3 Å². The fraction of sp³-hybridized carbons (Fsp3) is 0.727. The van der Waals surface area contributed by atoms with Crippen LogP contribution in [0.1, 0.15) is 50.5 Å². The average molecular weight is 362 g/mol. The van der Waals surface area contributed by atoms with Gasteiger partial charge < -0.3 is 9.47 Å². The molecule has 4 heteroatoms. The largest absolute Gasteiger partial charge is 0.380 e. The Balaban J connectivity index is 1.38. The topological polar surface area (TPSA) is 21.7 Å². The van der Waals surface area contributed by atoms with Crippen molar-refractivity contribution in [1.29, 1.82) is 0 Å². The molecule has 0 bridgehead atoms. The minimum absolute atomic E-state index is 0.134. The molecule has 1 aliphatic carbocycles. The molecule has 0 N–H and O–H groups in total. The molecule has 1 aromatic rings. The molecule has 3 fully saturated rings. The van der Waals surface area contributed by atoms with Crippen LogP contribution in [0.2, 0.25) is 0 Å². The number of likely N-dealkylation sites (tertiary alicyclic amines) is 1. The van der Waals surface area contributed by atoms with Crippen LogP contribution in [0, 0.1) is 17.2 Å². The maximum atomic E-state index is 13.2. The summed E-state index contributed by atoms with van der Waals surface area (Å²) in [6, 6.07) is 6.93. The number of rotatable bonds is 6. The summed E-state index contributed by atoms with van der Waals surface area (Å²) in [4.78, 5) is 2.51. The Hall–Kier alpha value is -0.970. The number of nitrogens with zero attached hydrogens (tertiary/aromatic N) is 1.